The zero-order valence-corrected chi connectivity index (χ0v) is 16.5. The third-order valence-electron chi connectivity index (χ3n) is 4.26. The molecule has 2 aromatic carbocycles. The first-order chi connectivity index (χ1) is 13.7. The molecule has 0 bridgehead atoms. The van der Waals surface area contributed by atoms with Gasteiger partial charge in [-0.3, -0.25) is 14.4 Å². The van der Waals surface area contributed by atoms with Crippen LogP contribution in [0.2, 0.25) is 0 Å². The van der Waals surface area contributed by atoms with Crippen LogP contribution in [0.3, 0.4) is 0 Å². The number of Topliss-reactive ketones (excluding diaryl/α,β-unsaturated/α-hetero) is 1. The number of sulfonamides is 1. The Hall–Kier alpha value is -3.37. The first-order valence-electron chi connectivity index (χ1n) is 8.53. The number of benzene rings is 2. The zero-order valence-electron chi connectivity index (χ0n) is 15.7. The first kappa shape index (κ1) is 20.4. The highest BCUT2D eigenvalue weighted by Crippen LogP contribution is 2.17. The van der Waals surface area contributed by atoms with Gasteiger partial charge in [-0.2, -0.15) is 4.31 Å². The van der Waals surface area contributed by atoms with Crippen molar-refractivity contribution in [2.24, 2.45) is 0 Å². The molecule has 0 radical (unpaired) electrons. The Morgan fingerprint density at radius 2 is 1.83 bits per heavy atom. The maximum Gasteiger partial charge on any atom is 0.258 e. The molecular weight excluding hydrogens is 396 g/mol. The number of hydrogen-bond donors (Lipinski definition) is 2. The van der Waals surface area contributed by atoms with Gasteiger partial charge in [-0.05, 0) is 37.3 Å². The number of hydrogen-bond acceptors (Lipinski definition) is 6. The van der Waals surface area contributed by atoms with Crippen molar-refractivity contribution in [1.82, 2.24) is 14.3 Å². The molecule has 10 heteroatoms. The Kier molecular flexibility index (Phi) is 5.57. The van der Waals surface area contributed by atoms with Crippen LogP contribution < -0.4 is 10.9 Å². The predicted molar refractivity (Wildman–Crippen MR) is 107 cm³/mol. The molecule has 0 fully saturated rings. The molecular formula is C19H18N4O5S. The molecule has 0 saturated carbocycles. The number of nitrogens with one attached hydrogen (secondary N) is 2. The summed E-state index contributed by atoms with van der Waals surface area (Å²) in [6.45, 7) is 0.953. The van der Waals surface area contributed by atoms with Crippen molar-refractivity contribution in [3.05, 3.63) is 64.7 Å². The normalized spacial score (nSPS) is 11.6. The van der Waals surface area contributed by atoms with Crippen LogP contribution in [0.4, 0.5) is 5.69 Å². The molecule has 0 spiro atoms. The fourth-order valence-electron chi connectivity index (χ4n) is 2.68. The van der Waals surface area contributed by atoms with E-state index in [9.17, 15) is 22.8 Å². The number of amides is 1. The summed E-state index contributed by atoms with van der Waals surface area (Å²) in [6, 6.07) is 10.1. The molecule has 0 unspecified atom stereocenters. The second-order valence-corrected chi connectivity index (χ2v) is 8.40. The molecule has 9 nitrogen and oxygen atoms in total. The van der Waals surface area contributed by atoms with Gasteiger partial charge in [-0.25, -0.2) is 13.4 Å². The van der Waals surface area contributed by atoms with Crippen molar-refractivity contribution < 1.29 is 18.0 Å². The van der Waals surface area contributed by atoms with E-state index in [-0.39, 0.29) is 16.2 Å². The number of H-pyrrole nitrogens is 1. The Morgan fingerprint density at radius 1 is 1.14 bits per heavy atom. The fourth-order valence-corrected chi connectivity index (χ4v) is 3.80. The minimum atomic E-state index is -3.91. The van der Waals surface area contributed by atoms with Gasteiger partial charge >= 0.3 is 0 Å². The smallest absolute Gasteiger partial charge is 0.258 e. The third kappa shape index (κ3) is 4.39. The number of aromatic amines is 1. The number of ketones is 1. The number of fused-ring (bicyclic) bond motifs is 1. The molecule has 1 aromatic heterocycles. The highest BCUT2D eigenvalue weighted by atomic mass is 32.2. The van der Waals surface area contributed by atoms with E-state index >= 15 is 0 Å². The molecule has 150 valence electrons. The van der Waals surface area contributed by atoms with Crippen LogP contribution in [0.5, 0.6) is 0 Å². The Morgan fingerprint density at radius 3 is 2.48 bits per heavy atom. The Labute approximate surface area is 166 Å². The number of carbonyl (C=O) groups excluding carboxylic acids is 2. The van der Waals surface area contributed by atoms with E-state index in [1.165, 1.54) is 50.6 Å². The van der Waals surface area contributed by atoms with Crippen LogP contribution in [0.25, 0.3) is 10.9 Å². The minimum absolute atomic E-state index is 0.0267. The van der Waals surface area contributed by atoms with Crippen LogP contribution in [0.15, 0.2) is 58.5 Å². The first-order valence-corrected chi connectivity index (χ1v) is 9.97. The van der Waals surface area contributed by atoms with Gasteiger partial charge in [0.2, 0.25) is 15.9 Å². The number of anilines is 1. The largest absolute Gasteiger partial charge is 0.325 e. The van der Waals surface area contributed by atoms with Crippen molar-refractivity contribution in [3.8, 4) is 0 Å². The van der Waals surface area contributed by atoms with Gasteiger partial charge < -0.3 is 10.3 Å². The summed E-state index contributed by atoms with van der Waals surface area (Å²) in [7, 11) is -2.63. The molecule has 1 heterocycles. The summed E-state index contributed by atoms with van der Waals surface area (Å²) in [5.74, 6) is -0.748. The van der Waals surface area contributed by atoms with Gasteiger partial charge in [0, 0.05) is 18.3 Å². The summed E-state index contributed by atoms with van der Waals surface area (Å²) >= 11 is 0. The van der Waals surface area contributed by atoms with E-state index in [0.717, 1.165) is 4.31 Å². The molecule has 29 heavy (non-hydrogen) atoms. The lowest BCUT2D eigenvalue weighted by Crippen LogP contribution is -2.35. The van der Waals surface area contributed by atoms with Crippen LogP contribution >= 0.6 is 0 Å². The van der Waals surface area contributed by atoms with E-state index in [2.05, 4.69) is 15.3 Å². The SMILES string of the molecule is CC(=O)c1ccc(S(=O)(=O)N(C)CC(=O)Nc2ccc3nc[nH]c(=O)c3c2)cc1. The number of aromatic nitrogens is 2. The lowest BCUT2D eigenvalue weighted by Gasteiger charge is -2.17. The summed E-state index contributed by atoms with van der Waals surface area (Å²) in [5.41, 5.74) is 0.864. The molecule has 1 amide bonds. The van der Waals surface area contributed by atoms with Crippen molar-refractivity contribution in [2.45, 2.75) is 11.8 Å². The number of rotatable bonds is 6. The average molecular weight is 414 g/mol. The van der Waals surface area contributed by atoms with Gasteiger partial charge in [0.25, 0.3) is 5.56 Å². The van der Waals surface area contributed by atoms with E-state index < -0.39 is 22.5 Å². The third-order valence-corrected chi connectivity index (χ3v) is 6.08. The maximum atomic E-state index is 12.6. The van der Waals surface area contributed by atoms with Crippen LogP contribution in [-0.2, 0) is 14.8 Å². The number of carbonyl (C=O) groups is 2. The van der Waals surface area contributed by atoms with E-state index in [1.807, 2.05) is 0 Å². The van der Waals surface area contributed by atoms with Gasteiger partial charge in [0.1, 0.15) is 0 Å². The maximum absolute atomic E-state index is 12.6. The van der Waals surface area contributed by atoms with Crippen molar-refractivity contribution in [3.63, 3.8) is 0 Å². The highest BCUT2D eigenvalue weighted by Gasteiger charge is 2.23. The number of likely N-dealkylation sites (N-methyl/N-ethyl adjacent to an activating group) is 1. The second kappa shape index (κ2) is 7.94. The predicted octanol–water partition coefficient (Wildman–Crippen LogP) is 1.38. The highest BCUT2D eigenvalue weighted by molar-refractivity contribution is 7.89. The molecule has 0 aliphatic carbocycles. The van der Waals surface area contributed by atoms with Gasteiger partial charge in [-0.1, -0.05) is 12.1 Å². The van der Waals surface area contributed by atoms with Gasteiger partial charge in [-0.15, -0.1) is 0 Å². The standard InChI is InChI=1S/C19H18N4O5S/c1-12(24)13-3-6-15(7-4-13)29(27,28)23(2)10-18(25)22-14-5-8-17-16(9-14)19(26)21-11-20-17/h3-9,11H,10H2,1-2H3,(H,22,25)(H,20,21,26). The summed E-state index contributed by atoms with van der Waals surface area (Å²) in [4.78, 5) is 41.9. The quantitative estimate of drug-likeness (QED) is 0.586. The summed E-state index contributed by atoms with van der Waals surface area (Å²) in [5, 5.41) is 2.87. The fraction of sp³-hybridized carbons (Fsp3) is 0.158. The lowest BCUT2D eigenvalue weighted by molar-refractivity contribution is -0.116. The molecule has 0 atom stereocenters. The Bertz CT molecular complexity index is 1250. The topological polar surface area (TPSA) is 129 Å². The summed E-state index contributed by atoms with van der Waals surface area (Å²) in [6.07, 6.45) is 1.28. The second-order valence-electron chi connectivity index (χ2n) is 6.35. The number of nitrogens with zero attached hydrogens (tertiary/aromatic N) is 2. The van der Waals surface area contributed by atoms with Crippen molar-refractivity contribution >= 4 is 38.3 Å². The average Bonchev–Trinajstić information content (AvgIpc) is 2.68. The molecule has 2 N–H and O–H groups in total. The van der Waals surface area contributed by atoms with Crippen LogP contribution in [-0.4, -0.2) is 48.0 Å². The van der Waals surface area contributed by atoms with Crippen LogP contribution in [0.1, 0.15) is 17.3 Å². The molecule has 3 aromatic rings. The monoisotopic (exact) mass is 414 g/mol. The molecule has 0 saturated heterocycles. The van der Waals surface area contributed by atoms with Crippen LogP contribution in [0, 0.1) is 0 Å². The van der Waals surface area contributed by atoms with Crippen molar-refractivity contribution in [2.75, 3.05) is 18.9 Å². The Balaban J connectivity index is 1.73. The van der Waals surface area contributed by atoms with E-state index in [1.54, 1.807) is 12.1 Å². The summed E-state index contributed by atoms with van der Waals surface area (Å²) < 4.78 is 26.2. The van der Waals surface area contributed by atoms with E-state index in [4.69, 9.17) is 0 Å². The zero-order chi connectivity index (χ0) is 21.2. The minimum Gasteiger partial charge on any atom is -0.325 e. The molecule has 0 aliphatic heterocycles. The van der Waals surface area contributed by atoms with Gasteiger partial charge in [0.15, 0.2) is 5.78 Å². The molecule has 3 rings (SSSR count). The van der Waals surface area contributed by atoms with E-state index in [0.29, 0.717) is 22.2 Å². The lowest BCUT2D eigenvalue weighted by atomic mass is 10.2. The van der Waals surface area contributed by atoms with Gasteiger partial charge in [0.05, 0.1) is 28.7 Å². The van der Waals surface area contributed by atoms with Crippen molar-refractivity contribution in [1.29, 1.82) is 0 Å². The molecule has 0 aliphatic rings.